The van der Waals surface area contributed by atoms with Gasteiger partial charge < -0.3 is 63.2 Å². The molecule has 7 aromatic carbocycles. The molecule has 0 aliphatic carbocycles. The highest BCUT2D eigenvalue weighted by Crippen LogP contribution is 2.39. The second kappa shape index (κ2) is 34.1. The smallest absolute Gasteiger partial charge is 0.248 e. The first kappa shape index (κ1) is 71.1. The third-order valence-corrected chi connectivity index (χ3v) is 17.8. The fourth-order valence-corrected chi connectivity index (χ4v) is 12.2. The SMILES string of the molecule is COc1ccc2[nH]c(=O)ccc2c1.COc1ccc2c(ccc[n+]2[O-])c1.COc1ccc2nc(Cl)ccc2c1.COc1ccc2nc(N3CCN(C[C@H]4COc5ccc6nc(C)ccc6c5O4)CC3)ccc2c1.COc1ccc2nc(N3CCNCC3)ccc2c1.COc1ccc2ncccc2c1. The number of pyridine rings is 7. The highest BCUT2D eigenvalue weighted by Gasteiger charge is 2.28. The van der Waals surface area contributed by atoms with Crippen molar-refractivity contribution in [3.8, 4) is 46.0 Å². The molecule has 2 N–H and O–H groups in total. The van der Waals surface area contributed by atoms with Gasteiger partial charge in [-0.2, -0.15) is 4.73 Å². The van der Waals surface area contributed by atoms with E-state index in [0.29, 0.717) is 17.3 Å². The molecule has 17 rings (SSSR count). The lowest BCUT2D eigenvalue weighted by Gasteiger charge is -2.38. The quantitative estimate of drug-likeness (QED) is 0.0738. The summed E-state index contributed by atoms with van der Waals surface area (Å²) in [5.41, 5.74) is 7.23. The van der Waals surface area contributed by atoms with E-state index >= 15 is 0 Å². The molecule has 21 nitrogen and oxygen atoms in total. The molecular formula is C81H80ClN11O10. The Kier molecular flexibility index (Phi) is 23.5. The Hall–Kier alpha value is -11.8. The summed E-state index contributed by atoms with van der Waals surface area (Å²) in [7, 11) is 9.90. The predicted octanol–water partition coefficient (Wildman–Crippen LogP) is 13.9. The van der Waals surface area contributed by atoms with Gasteiger partial charge in [-0.3, -0.25) is 19.7 Å². The molecule has 0 bridgehead atoms. The standard InChI is InChI=1S/C27H28N4O3.C14H17N3O.C10H8ClNO.2C10H9NO2.C10H9NO/c1-18-3-6-22-24(28-18)8-9-25-27(22)34-21(17-33-25)16-30-11-13-31(14-12-30)26-10-4-19-15-20(32-2)5-7-23(19)29-26;1-18-12-3-4-13-11(10-12)2-5-14(16-13)17-8-6-15-7-9-17;1-13-8-3-4-9-7(6-8)2-5-10(11)12-9;1-13-8-3-4-9-7(6-8)2-5-10(12)11-9;1-13-9-4-5-10-8(7-9)3-2-6-11(10)12;1-12-9-4-5-10-8(7-9)3-2-6-11-10/h3-10,15,21H,11-14,16-17H2,1-2H3;2-5,10,15H,6-9H2,1H3;2-6H,1H3;2-6H,1H3,(H,11,12);2-7H,1H3;2-7H,1H3/t21-;;;;;/m0...../s1. The number of H-pyrrole nitrogens is 1. The molecule has 0 radical (unpaired) electrons. The molecule has 103 heavy (non-hydrogen) atoms. The molecule has 14 aromatic rings. The third-order valence-electron chi connectivity index (χ3n) is 17.6. The molecule has 7 aromatic heterocycles. The molecule has 3 aliphatic rings. The van der Waals surface area contributed by atoms with Gasteiger partial charge in [0.2, 0.25) is 11.1 Å². The number of piperazine rings is 2. The molecule has 2 fully saturated rings. The zero-order valence-corrected chi connectivity index (χ0v) is 59.2. The number of nitrogens with zero attached hydrogens (tertiary/aromatic N) is 9. The van der Waals surface area contributed by atoms with Gasteiger partial charge in [0.05, 0.1) is 75.6 Å². The zero-order valence-electron chi connectivity index (χ0n) is 58.4. The van der Waals surface area contributed by atoms with Crippen molar-refractivity contribution in [3.05, 3.63) is 245 Å². The average molecular weight is 1400 g/mol. The minimum Gasteiger partial charge on any atom is -0.618 e. The van der Waals surface area contributed by atoms with E-state index in [-0.39, 0.29) is 11.7 Å². The van der Waals surface area contributed by atoms with E-state index in [4.69, 9.17) is 59.5 Å². The van der Waals surface area contributed by atoms with Gasteiger partial charge in [0.1, 0.15) is 64.0 Å². The number of anilines is 2. The molecule has 526 valence electrons. The number of fused-ring (bicyclic) bond motifs is 9. The number of nitrogens with one attached hydrogen (secondary N) is 2. The van der Waals surface area contributed by atoms with Gasteiger partial charge >= 0.3 is 0 Å². The number of benzene rings is 7. The van der Waals surface area contributed by atoms with Crippen molar-refractivity contribution in [1.82, 2.24) is 40.1 Å². The molecule has 0 amide bonds. The Balaban J connectivity index is 0.000000124. The van der Waals surface area contributed by atoms with Crippen molar-refractivity contribution in [1.29, 1.82) is 0 Å². The first-order valence-electron chi connectivity index (χ1n) is 33.7. The highest BCUT2D eigenvalue weighted by molar-refractivity contribution is 6.29. The van der Waals surface area contributed by atoms with Crippen LogP contribution in [-0.2, 0) is 0 Å². The number of methoxy groups -OCH3 is 6. The number of aromatic nitrogens is 7. The lowest BCUT2D eigenvalue weighted by atomic mass is 10.1. The summed E-state index contributed by atoms with van der Waals surface area (Å²) in [4.78, 5) is 43.4. The Bertz CT molecular complexity index is 5290. The van der Waals surface area contributed by atoms with Crippen LogP contribution in [-0.4, -0.2) is 149 Å². The van der Waals surface area contributed by atoms with Crippen LogP contribution in [0.5, 0.6) is 46.0 Å². The van der Waals surface area contributed by atoms with Crippen LogP contribution in [0, 0.1) is 12.1 Å². The number of aryl methyl sites for hydroxylation is 1. The molecule has 22 heteroatoms. The number of aromatic amines is 1. The van der Waals surface area contributed by atoms with Crippen molar-refractivity contribution in [3.63, 3.8) is 0 Å². The highest BCUT2D eigenvalue weighted by atomic mass is 35.5. The van der Waals surface area contributed by atoms with Gasteiger partial charge in [0, 0.05) is 127 Å². The van der Waals surface area contributed by atoms with Crippen molar-refractivity contribution < 1.29 is 42.6 Å². The molecule has 2 saturated heterocycles. The van der Waals surface area contributed by atoms with Crippen LogP contribution in [0.3, 0.4) is 0 Å². The topological polar surface area (TPSA) is 220 Å². The van der Waals surface area contributed by atoms with E-state index in [1.165, 1.54) is 12.3 Å². The van der Waals surface area contributed by atoms with E-state index in [1.54, 1.807) is 79.2 Å². The molecule has 0 saturated carbocycles. The van der Waals surface area contributed by atoms with Crippen molar-refractivity contribution in [2.45, 2.75) is 13.0 Å². The number of hydrogen-bond acceptors (Lipinski definition) is 19. The Labute approximate surface area is 601 Å². The summed E-state index contributed by atoms with van der Waals surface area (Å²) in [5, 5.41) is 22.3. The largest absolute Gasteiger partial charge is 0.618 e. The van der Waals surface area contributed by atoms with Gasteiger partial charge in [-0.1, -0.05) is 17.7 Å². The van der Waals surface area contributed by atoms with Gasteiger partial charge in [-0.05, 0) is 189 Å². The fourth-order valence-electron chi connectivity index (χ4n) is 12.0. The maximum absolute atomic E-state index is 11.3. The molecule has 10 heterocycles. The second-order valence-corrected chi connectivity index (χ2v) is 24.6. The van der Waals surface area contributed by atoms with Crippen LogP contribution in [0.25, 0.3) is 76.3 Å². The van der Waals surface area contributed by atoms with Gasteiger partial charge in [0.15, 0.2) is 17.7 Å². The van der Waals surface area contributed by atoms with E-state index in [2.05, 4.69) is 70.3 Å². The molecule has 3 aliphatic heterocycles. The van der Waals surface area contributed by atoms with Crippen LogP contribution >= 0.6 is 11.6 Å². The molecule has 0 spiro atoms. The first-order valence-corrected chi connectivity index (χ1v) is 34.1. The average Bonchev–Trinajstić information content (AvgIpc) is 0.771. The number of hydrogen-bond donors (Lipinski definition) is 2. The Morgan fingerprint density at radius 1 is 0.505 bits per heavy atom. The fraction of sp³-hybridized carbons (Fsp3) is 0.222. The van der Waals surface area contributed by atoms with Crippen LogP contribution in [0.2, 0.25) is 5.15 Å². The van der Waals surface area contributed by atoms with Crippen molar-refractivity contribution in [2.24, 2.45) is 0 Å². The zero-order chi connectivity index (χ0) is 71.6. The van der Waals surface area contributed by atoms with Crippen LogP contribution in [0.15, 0.2) is 223 Å². The monoisotopic (exact) mass is 1400 g/mol. The van der Waals surface area contributed by atoms with Gasteiger partial charge in [-0.15, -0.1) is 0 Å². The molecular weight excluding hydrogens is 1320 g/mol. The normalized spacial score (nSPS) is 13.9. The van der Waals surface area contributed by atoms with Gasteiger partial charge in [-0.25, -0.2) is 15.0 Å². The summed E-state index contributed by atoms with van der Waals surface area (Å²) in [5.74, 6) is 8.69. The maximum atomic E-state index is 11.3. The number of rotatable bonds is 10. The van der Waals surface area contributed by atoms with E-state index in [9.17, 15) is 10.0 Å². The van der Waals surface area contributed by atoms with E-state index in [1.807, 2.05) is 146 Å². The number of halogens is 1. The summed E-state index contributed by atoms with van der Waals surface area (Å²) in [6.45, 7) is 11.3. The van der Waals surface area contributed by atoms with Crippen molar-refractivity contribution >= 4 is 99.6 Å². The first-order chi connectivity index (χ1) is 50.3. The minimum atomic E-state index is -0.0855. The van der Waals surface area contributed by atoms with Gasteiger partial charge in [0.25, 0.3) is 0 Å². The summed E-state index contributed by atoms with van der Waals surface area (Å²) in [6.07, 6.45) is 3.27. The Morgan fingerprint density at radius 2 is 1.01 bits per heavy atom. The lowest BCUT2D eigenvalue weighted by Crippen LogP contribution is -2.50. The predicted molar refractivity (Wildman–Crippen MR) is 409 cm³/mol. The molecule has 0 unspecified atom stereocenters. The minimum absolute atomic E-state index is 0.000252. The van der Waals surface area contributed by atoms with E-state index in [0.717, 1.165) is 198 Å². The Morgan fingerprint density at radius 3 is 1.62 bits per heavy atom. The summed E-state index contributed by atoms with van der Waals surface area (Å²) >= 11 is 5.75. The van der Waals surface area contributed by atoms with Crippen LogP contribution < -0.4 is 63.3 Å². The lowest BCUT2D eigenvalue weighted by molar-refractivity contribution is -0.577. The second-order valence-electron chi connectivity index (χ2n) is 24.2. The van der Waals surface area contributed by atoms with Crippen molar-refractivity contribution in [2.75, 3.05) is 118 Å². The molecule has 1 atom stereocenters. The number of ether oxygens (including phenoxy) is 8. The summed E-state index contributed by atoms with van der Waals surface area (Å²) in [6, 6.07) is 65.4. The third kappa shape index (κ3) is 18.2. The van der Waals surface area contributed by atoms with E-state index < -0.39 is 0 Å². The van der Waals surface area contributed by atoms with Crippen LogP contribution in [0.4, 0.5) is 11.6 Å². The maximum Gasteiger partial charge on any atom is 0.248 e. The van der Waals surface area contributed by atoms with Crippen LogP contribution in [0.1, 0.15) is 5.69 Å². The summed E-state index contributed by atoms with van der Waals surface area (Å²) < 4.78 is 44.2.